The Balaban J connectivity index is 1.29. The molecular weight excluding hydrogens is 420 g/mol. The molecular formula is C27H29F2N3O. The minimum atomic E-state index is -0.595. The summed E-state index contributed by atoms with van der Waals surface area (Å²) in [6, 6.07) is 19.9. The molecule has 0 radical (unpaired) electrons. The fourth-order valence-corrected chi connectivity index (χ4v) is 5.11. The second-order valence-electron chi connectivity index (χ2n) is 9.15. The van der Waals surface area contributed by atoms with Crippen LogP contribution in [0, 0.1) is 11.6 Å². The highest BCUT2D eigenvalue weighted by atomic mass is 19.1. The van der Waals surface area contributed by atoms with Crippen LogP contribution in [-0.2, 0) is 13.1 Å². The summed E-state index contributed by atoms with van der Waals surface area (Å²) in [5.41, 5.74) is 2.92. The van der Waals surface area contributed by atoms with E-state index in [1.54, 1.807) is 12.1 Å². The van der Waals surface area contributed by atoms with E-state index >= 15 is 0 Å². The van der Waals surface area contributed by atoms with Crippen molar-refractivity contribution in [2.24, 2.45) is 0 Å². The van der Waals surface area contributed by atoms with Crippen LogP contribution in [0.2, 0.25) is 0 Å². The Morgan fingerprint density at radius 3 is 2.12 bits per heavy atom. The van der Waals surface area contributed by atoms with Gasteiger partial charge in [-0.1, -0.05) is 30.3 Å². The van der Waals surface area contributed by atoms with E-state index < -0.39 is 6.10 Å². The number of hydrogen-bond acceptors (Lipinski definition) is 3. The van der Waals surface area contributed by atoms with E-state index in [2.05, 4.69) is 41.0 Å². The number of aliphatic hydroxyl groups excluding tert-OH is 1. The van der Waals surface area contributed by atoms with Crippen LogP contribution in [0.4, 0.5) is 8.78 Å². The topological polar surface area (TPSA) is 31.6 Å². The number of piperazine rings is 1. The fraction of sp³-hybridized carbons (Fsp3) is 0.333. The van der Waals surface area contributed by atoms with E-state index in [0.717, 1.165) is 37.2 Å². The van der Waals surface area contributed by atoms with E-state index in [4.69, 9.17) is 0 Å². The third-order valence-electron chi connectivity index (χ3n) is 6.73. The molecule has 33 heavy (non-hydrogen) atoms. The van der Waals surface area contributed by atoms with Gasteiger partial charge in [0, 0.05) is 60.6 Å². The average Bonchev–Trinajstić information content (AvgIpc) is 3.08. The summed E-state index contributed by atoms with van der Waals surface area (Å²) in [6.45, 7) is 6.88. The van der Waals surface area contributed by atoms with Crippen LogP contribution in [0.5, 0.6) is 0 Å². The van der Waals surface area contributed by atoms with Crippen LogP contribution >= 0.6 is 0 Å². The minimum Gasteiger partial charge on any atom is -0.390 e. The van der Waals surface area contributed by atoms with Crippen molar-refractivity contribution >= 4 is 21.8 Å². The molecule has 0 amide bonds. The van der Waals surface area contributed by atoms with E-state index in [1.807, 2.05) is 10.6 Å². The number of rotatable bonds is 6. The van der Waals surface area contributed by atoms with E-state index in [1.165, 1.54) is 29.8 Å². The average molecular weight is 450 g/mol. The summed E-state index contributed by atoms with van der Waals surface area (Å²) in [7, 11) is 0. The third-order valence-corrected chi connectivity index (χ3v) is 6.73. The Labute approximate surface area is 192 Å². The first kappa shape index (κ1) is 22.0. The maximum Gasteiger partial charge on any atom is 0.123 e. The third kappa shape index (κ3) is 4.64. The summed E-state index contributed by atoms with van der Waals surface area (Å²) in [5, 5.41) is 12.3. The number of β-amino-alcohol motifs (C(OH)–C–C–N with tert-alkyl or cyclic N) is 1. The molecule has 3 aromatic carbocycles. The van der Waals surface area contributed by atoms with Crippen molar-refractivity contribution in [1.82, 2.24) is 14.4 Å². The lowest BCUT2D eigenvalue weighted by molar-refractivity contribution is 0.0319. The molecule has 172 valence electrons. The van der Waals surface area contributed by atoms with Gasteiger partial charge in [0.25, 0.3) is 0 Å². The molecule has 1 aliphatic heterocycles. The molecule has 0 spiro atoms. The molecule has 0 bridgehead atoms. The number of hydrogen-bond donors (Lipinski definition) is 1. The molecule has 4 nitrogen and oxygen atoms in total. The summed E-state index contributed by atoms with van der Waals surface area (Å²) in [4.78, 5) is 4.79. The van der Waals surface area contributed by atoms with Gasteiger partial charge in [0.05, 0.1) is 12.6 Å². The van der Waals surface area contributed by atoms with E-state index in [-0.39, 0.29) is 11.6 Å². The number of aromatic nitrogens is 1. The Morgan fingerprint density at radius 2 is 1.52 bits per heavy atom. The molecule has 2 atom stereocenters. The second-order valence-corrected chi connectivity index (χ2v) is 9.15. The zero-order valence-electron chi connectivity index (χ0n) is 18.8. The standard InChI is InChI=1S/C27H29F2N3O/c1-19-15-30(16-20-5-3-2-4-6-20)11-12-31(19)17-23(33)18-32-26-9-7-21(28)13-24(26)25-14-22(29)8-10-27(25)32/h2-10,13-14,19,23,33H,11-12,15-18H2,1H3. The van der Waals surface area contributed by atoms with Gasteiger partial charge in [-0.05, 0) is 48.9 Å². The van der Waals surface area contributed by atoms with E-state index in [0.29, 0.717) is 29.9 Å². The number of aliphatic hydroxyl groups is 1. The van der Waals surface area contributed by atoms with Gasteiger partial charge < -0.3 is 9.67 Å². The van der Waals surface area contributed by atoms with Crippen molar-refractivity contribution in [3.63, 3.8) is 0 Å². The van der Waals surface area contributed by atoms with Gasteiger partial charge in [0.2, 0.25) is 0 Å². The molecule has 2 heterocycles. The highest BCUT2D eigenvalue weighted by Crippen LogP contribution is 2.30. The van der Waals surface area contributed by atoms with Gasteiger partial charge in [-0.2, -0.15) is 0 Å². The van der Waals surface area contributed by atoms with Gasteiger partial charge in [0.15, 0.2) is 0 Å². The van der Waals surface area contributed by atoms with Crippen molar-refractivity contribution in [3.05, 3.63) is 83.9 Å². The maximum absolute atomic E-state index is 13.9. The van der Waals surface area contributed by atoms with Crippen LogP contribution in [0.1, 0.15) is 12.5 Å². The van der Waals surface area contributed by atoms with Gasteiger partial charge in [-0.15, -0.1) is 0 Å². The van der Waals surface area contributed by atoms with Gasteiger partial charge >= 0.3 is 0 Å². The molecule has 4 aromatic rings. The quantitative estimate of drug-likeness (QED) is 0.465. The zero-order chi connectivity index (χ0) is 22.9. The number of fused-ring (bicyclic) bond motifs is 3. The molecule has 1 aliphatic rings. The van der Waals surface area contributed by atoms with Crippen molar-refractivity contribution in [2.45, 2.75) is 32.2 Å². The Kier molecular flexibility index (Phi) is 6.15. The summed E-state index contributed by atoms with van der Waals surface area (Å²) in [5.74, 6) is -0.706. The van der Waals surface area contributed by atoms with Gasteiger partial charge in [0.1, 0.15) is 11.6 Å². The Hall–Kier alpha value is -2.80. The molecule has 1 fully saturated rings. The largest absolute Gasteiger partial charge is 0.390 e. The highest BCUT2D eigenvalue weighted by molar-refractivity contribution is 6.08. The molecule has 2 unspecified atom stereocenters. The van der Waals surface area contributed by atoms with Gasteiger partial charge in [-0.25, -0.2) is 8.78 Å². The van der Waals surface area contributed by atoms with Crippen molar-refractivity contribution in [3.8, 4) is 0 Å². The van der Waals surface area contributed by atoms with E-state index in [9.17, 15) is 13.9 Å². The van der Waals surface area contributed by atoms with Gasteiger partial charge in [-0.3, -0.25) is 9.80 Å². The second kappa shape index (κ2) is 9.21. The van der Waals surface area contributed by atoms with Crippen LogP contribution in [0.25, 0.3) is 21.8 Å². The smallest absolute Gasteiger partial charge is 0.123 e. The van der Waals surface area contributed by atoms with Crippen molar-refractivity contribution in [1.29, 1.82) is 0 Å². The first-order valence-electron chi connectivity index (χ1n) is 11.5. The molecule has 5 rings (SSSR count). The lowest BCUT2D eigenvalue weighted by Gasteiger charge is -2.40. The van der Waals surface area contributed by atoms with Crippen LogP contribution in [0.3, 0.4) is 0 Å². The lowest BCUT2D eigenvalue weighted by Crippen LogP contribution is -2.53. The number of halogens is 2. The molecule has 1 saturated heterocycles. The van der Waals surface area contributed by atoms with Crippen LogP contribution in [-0.4, -0.2) is 57.8 Å². The van der Waals surface area contributed by atoms with Crippen LogP contribution < -0.4 is 0 Å². The maximum atomic E-state index is 13.9. The predicted molar refractivity (Wildman–Crippen MR) is 128 cm³/mol. The minimum absolute atomic E-state index is 0.332. The highest BCUT2D eigenvalue weighted by Gasteiger charge is 2.26. The monoisotopic (exact) mass is 449 g/mol. The van der Waals surface area contributed by atoms with Crippen molar-refractivity contribution < 1.29 is 13.9 Å². The lowest BCUT2D eigenvalue weighted by atomic mass is 10.1. The molecule has 0 saturated carbocycles. The number of benzene rings is 3. The number of nitrogens with zero attached hydrogens (tertiary/aromatic N) is 3. The summed E-state index contributed by atoms with van der Waals surface area (Å²) in [6.07, 6.45) is -0.595. The van der Waals surface area contributed by atoms with Crippen LogP contribution in [0.15, 0.2) is 66.7 Å². The molecule has 6 heteroatoms. The summed E-state index contributed by atoms with van der Waals surface area (Å²) >= 11 is 0. The molecule has 0 aliphatic carbocycles. The Morgan fingerprint density at radius 1 is 0.879 bits per heavy atom. The normalized spacial score (nSPS) is 18.8. The summed E-state index contributed by atoms with van der Waals surface area (Å²) < 4.78 is 29.8. The van der Waals surface area contributed by atoms with Crippen molar-refractivity contribution in [2.75, 3.05) is 26.2 Å². The molecule has 1 aromatic heterocycles. The zero-order valence-corrected chi connectivity index (χ0v) is 18.8. The molecule has 1 N–H and O–H groups in total. The fourth-order valence-electron chi connectivity index (χ4n) is 5.11. The predicted octanol–water partition coefficient (Wildman–Crippen LogP) is 4.64. The first-order valence-corrected chi connectivity index (χ1v) is 11.5. The Bertz CT molecular complexity index is 1200. The first-order chi connectivity index (χ1) is 16.0. The SMILES string of the molecule is CC1CN(Cc2ccccc2)CCN1CC(O)Cn1c2ccc(F)cc2c2cc(F)ccc21.